The van der Waals surface area contributed by atoms with E-state index in [0.717, 1.165) is 19.3 Å². The minimum absolute atomic E-state index is 0.134. The first kappa shape index (κ1) is 14.4. The summed E-state index contributed by atoms with van der Waals surface area (Å²) in [6.07, 6.45) is 3.59. The van der Waals surface area contributed by atoms with Crippen molar-refractivity contribution in [3.63, 3.8) is 0 Å². The molecule has 3 N–H and O–H groups in total. The molecular weight excluding hydrogens is 192 g/mol. The highest BCUT2D eigenvalue weighted by Gasteiger charge is 2.04. The highest BCUT2D eigenvalue weighted by atomic mass is 16.5. The molecule has 0 radical (unpaired) electrons. The second kappa shape index (κ2) is 9.93. The highest BCUT2D eigenvalue weighted by molar-refractivity contribution is 5.75. The fraction of sp³-hybridized carbons (Fsp3) is 0.909. The first-order valence-corrected chi connectivity index (χ1v) is 5.66. The number of amides is 1. The van der Waals surface area contributed by atoms with Crippen molar-refractivity contribution in [2.24, 2.45) is 11.7 Å². The molecule has 1 atom stereocenters. The molecule has 0 bridgehead atoms. The summed E-state index contributed by atoms with van der Waals surface area (Å²) >= 11 is 0. The molecule has 1 amide bonds. The van der Waals surface area contributed by atoms with Gasteiger partial charge in [0, 0.05) is 20.1 Å². The molecule has 0 saturated carbocycles. The molecule has 90 valence electrons. The Hall–Kier alpha value is -0.610. The van der Waals surface area contributed by atoms with E-state index in [2.05, 4.69) is 12.2 Å². The lowest BCUT2D eigenvalue weighted by Crippen LogP contribution is -2.29. The third-order valence-corrected chi connectivity index (χ3v) is 2.21. The minimum Gasteiger partial charge on any atom is -0.384 e. The van der Waals surface area contributed by atoms with Gasteiger partial charge in [-0.2, -0.15) is 0 Å². The Morgan fingerprint density at radius 3 is 2.73 bits per heavy atom. The molecular formula is C11H24N2O2. The van der Waals surface area contributed by atoms with Crippen molar-refractivity contribution in [2.45, 2.75) is 32.6 Å². The number of methoxy groups -OCH3 is 1. The van der Waals surface area contributed by atoms with Crippen molar-refractivity contribution in [3.8, 4) is 0 Å². The molecule has 15 heavy (non-hydrogen) atoms. The number of ether oxygens (including phenoxy) is 1. The summed E-state index contributed by atoms with van der Waals surface area (Å²) in [6, 6.07) is 0. The summed E-state index contributed by atoms with van der Waals surface area (Å²) in [4.78, 5) is 11.3. The van der Waals surface area contributed by atoms with Gasteiger partial charge in [-0.05, 0) is 25.3 Å². The van der Waals surface area contributed by atoms with E-state index in [0.29, 0.717) is 32.0 Å². The van der Waals surface area contributed by atoms with Crippen LogP contribution in [0, 0.1) is 5.92 Å². The van der Waals surface area contributed by atoms with Crippen LogP contribution in [0.2, 0.25) is 0 Å². The Labute approximate surface area is 92.6 Å². The van der Waals surface area contributed by atoms with Crippen molar-refractivity contribution < 1.29 is 9.53 Å². The quantitative estimate of drug-likeness (QED) is 0.563. The average Bonchev–Trinajstić information content (AvgIpc) is 2.22. The molecule has 0 spiro atoms. The molecule has 0 aliphatic carbocycles. The summed E-state index contributed by atoms with van der Waals surface area (Å²) in [5.74, 6) is 0.512. The maximum Gasteiger partial charge on any atom is 0.220 e. The summed E-state index contributed by atoms with van der Waals surface area (Å²) < 4.78 is 4.98. The molecule has 0 fully saturated rings. The number of unbranched alkanes of at least 4 members (excludes halogenated alkanes) is 2. The van der Waals surface area contributed by atoms with Gasteiger partial charge in [0.25, 0.3) is 0 Å². The Bertz CT molecular complexity index is 163. The molecule has 0 heterocycles. The van der Waals surface area contributed by atoms with Crippen LogP contribution in [0.5, 0.6) is 0 Å². The first-order chi connectivity index (χ1) is 7.20. The molecule has 0 aliphatic heterocycles. The van der Waals surface area contributed by atoms with Crippen molar-refractivity contribution in [1.29, 1.82) is 0 Å². The Morgan fingerprint density at radius 2 is 2.13 bits per heavy atom. The number of nitrogens with two attached hydrogens (primary N) is 1. The molecule has 0 aliphatic rings. The van der Waals surface area contributed by atoms with Gasteiger partial charge in [-0.15, -0.1) is 0 Å². The number of hydrogen-bond acceptors (Lipinski definition) is 3. The Kier molecular flexibility index (Phi) is 9.52. The Morgan fingerprint density at radius 1 is 1.40 bits per heavy atom. The third-order valence-electron chi connectivity index (χ3n) is 2.21. The molecule has 4 heteroatoms. The smallest absolute Gasteiger partial charge is 0.220 e. The van der Waals surface area contributed by atoms with Gasteiger partial charge in [0.2, 0.25) is 5.91 Å². The molecule has 0 saturated heterocycles. The lowest BCUT2D eigenvalue weighted by Gasteiger charge is -2.11. The van der Waals surface area contributed by atoms with Gasteiger partial charge in [0.1, 0.15) is 0 Å². The number of hydrogen-bond donors (Lipinski definition) is 2. The van der Waals surface area contributed by atoms with Crippen LogP contribution >= 0.6 is 0 Å². The molecule has 0 rings (SSSR count). The maximum atomic E-state index is 11.3. The lowest BCUT2D eigenvalue weighted by atomic mass is 10.1. The zero-order valence-electron chi connectivity index (χ0n) is 9.92. The van der Waals surface area contributed by atoms with E-state index in [1.807, 2.05) is 0 Å². The summed E-state index contributed by atoms with van der Waals surface area (Å²) in [5.41, 5.74) is 5.36. The fourth-order valence-corrected chi connectivity index (χ4v) is 1.33. The molecule has 1 unspecified atom stereocenters. The van der Waals surface area contributed by atoms with Crippen LogP contribution in [0.1, 0.15) is 32.6 Å². The van der Waals surface area contributed by atoms with Gasteiger partial charge < -0.3 is 15.8 Å². The average molecular weight is 216 g/mol. The second-order valence-corrected chi connectivity index (χ2v) is 3.96. The van der Waals surface area contributed by atoms with Gasteiger partial charge in [0.15, 0.2) is 0 Å². The van der Waals surface area contributed by atoms with Gasteiger partial charge in [-0.3, -0.25) is 4.79 Å². The summed E-state index contributed by atoms with van der Waals surface area (Å²) in [7, 11) is 1.67. The van der Waals surface area contributed by atoms with E-state index in [-0.39, 0.29) is 5.91 Å². The van der Waals surface area contributed by atoms with Crippen molar-refractivity contribution in [1.82, 2.24) is 5.32 Å². The molecule has 0 aromatic rings. The van der Waals surface area contributed by atoms with Crippen LogP contribution in [-0.2, 0) is 9.53 Å². The van der Waals surface area contributed by atoms with Crippen LogP contribution in [0.3, 0.4) is 0 Å². The van der Waals surface area contributed by atoms with E-state index in [9.17, 15) is 4.79 Å². The highest BCUT2D eigenvalue weighted by Crippen LogP contribution is 1.99. The number of nitrogens with one attached hydrogen (secondary N) is 1. The SMILES string of the molecule is COCC(C)CNC(=O)CCCCCN. The van der Waals surface area contributed by atoms with Crippen molar-refractivity contribution in [2.75, 3.05) is 26.8 Å². The van der Waals surface area contributed by atoms with Crippen LogP contribution in [0.15, 0.2) is 0 Å². The van der Waals surface area contributed by atoms with Crippen LogP contribution in [-0.4, -0.2) is 32.7 Å². The first-order valence-electron chi connectivity index (χ1n) is 5.66. The lowest BCUT2D eigenvalue weighted by molar-refractivity contribution is -0.121. The number of carbonyl (C=O) groups excluding carboxylic acids is 1. The zero-order valence-corrected chi connectivity index (χ0v) is 9.92. The Balaban J connectivity index is 3.32. The van der Waals surface area contributed by atoms with Crippen LogP contribution in [0.25, 0.3) is 0 Å². The van der Waals surface area contributed by atoms with Gasteiger partial charge >= 0.3 is 0 Å². The molecule has 0 aromatic carbocycles. The van der Waals surface area contributed by atoms with Gasteiger partial charge in [-0.1, -0.05) is 13.3 Å². The zero-order chi connectivity index (χ0) is 11.5. The third kappa shape index (κ3) is 9.69. The standard InChI is InChI=1S/C11H24N2O2/c1-10(9-15-2)8-13-11(14)6-4-3-5-7-12/h10H,3-9,12H2,1-2H3,(H,13,14). The van der Waals surface area contributed by atoms with Crippen molar-refractivity contribution in [3.05, 3.63) is 0 Å². The normalized spacial score (nSPS) is 12.5. The van der Waals surface area contributed by atoms with E-state index < -0.39 is 0 Å². The predicted octanol–water partition coefficient (Wildman–Crippen LogP) is 0.904. The maximum absolute atomic E-state index is 11.3. The topological polar surface area (TPSA) is 64.3 Å². The molecule has 0 aromatic heterocycles. The monoisotopic (exact) mass is 216 g/mol. The number of carbonyl (C=O) groups is 1. The van der Waals surface area contributed by atoms with E-state index in [4.69, 9.17) is 10.5 Å². The van der Waals surface area contributed by atoms with Crippen LogP contribution < -0.4 is 11.1 Å². The van der Waals surface area contributed by atoms with E-state index in [1.54, 1.807) is 7.11 Å². The number of rotatable bonds is 9. The van der Waals surface area contributed by atoms with Crippen molar-refractivity contribution >= 4 is 5.91 Å². The van der Waals surface area contributed by atoms with E-state index >= 15 is 0 Å². The van der Waals surface area contributed by atoms with Gasteiger partial charge in [0.05, 0.1) is 6.61 Å². The van der Waals surface area contributed by atoms with Crippen LogP contribution in [0.4, 0.5) is 0 Å². The second-order valence-electron chi connectivity index (χ2n) is 3.96. The molecule has 4 nitrogen and oxygen atoms in total. The van der Waals surface area contributed by atoms with E-state index in [1.165, 1.54) is 0 Å². The largest absolute Gasteiger partial charge is 0.384 e. The summed E-state index contributed by atoms with van der Waals surface area (Å²) in [6.45, 7) is 4.15. The predicted molar refractivity (Wildman–Crippen MR) is 61.6 cm³/mol. The van der Waals surface area contributed by atoms with Gasteiger partial charge in [-0.25, -0.2) is 0 Å². The fourth-order valence-electron chi connectivity index (χ4n) is 1.33. The summed E-state index contributed by atoms with van der Waals surface area (Å²) in [5, 5.41) is 2.89. The minimum atomic E-state index is 0.134.